The first-order valence-corrected chi connectivity index (χ1v) is 7.62. The third-order valence-corrected chi connectivity index (χ3v) is 4.04. The molecular weight excluding hydrogens is 460 g/mol. The zero-order valence-electron chi connectivity index (χ0n) is 10.1. The Morgan fingerprint density at radius 3 is 2.50 bits per heavy atom. The van der Waals surface area contributed by atoms with Crippen LogP contribution in [0.25, 0.3) is 0 Å². The van der Waals surface area contributed by atoms with Gasteiger partial charge in [0.25, 0.3) is 5.91 Å². The largest absolute Gasteiger partial charge is 0.506 e. The number of amides is 1. The van der Waals surface area contributed by atoms with E-state index in [0.717, 1.165) is 3.57 Å². The maximum absolute atomic E-state index is 12.1. The summed E-state index contributed by atoms with van der Waals surface area (Å²) in [7, 11) is 0. The van der Waals surface area contributed by atoms with Gasteiger partial charge in [-0.25, -0.2) is 0 Å². The predicted octanol–water partition coefficient (Wildman–Crippen LogP) is 2.35. The van der Waals surface area contributed by atoms with Gasteiger partial charge in [0, 0.05) is 3.57 Å². The van der Waals surface area contributed by atoms with Crippen LogP contribution in [0.15, 0.2) is 12.1 Å². The van der Waals surface area contributed by atoms with E-state index in [-0.39, 0.29) is 35.8 Å². The number of carbonyl (C=O) groups is 1. The molecule has 4 nitrogen and oxygen atoms in total. The van der Waals surface area contributed by atoms with E-state index in [9.17, 15) is 15.0 Å². The van der Waals surface area contributed by atoms with Gasteiger partial charge in [-0.1, -0.05) is 13.8 Å². The highest BCUT2D eigenvalue weighted by Crippen LogP contribution is 2.27. The number of rotatable bonds is 4. The average molecular weight is 475 g/mol. The molecule has 18 heavy (non-hydrogen) atoms. The lowest BCUT2D eigenvalue weighted by Crippen LogP contribution is -2.41. The second kappa shape index (κ2) is 6.90. The molecule has 0 aliphatic heterocycles. The number of carbonyl (C=O) groups excluding carboxylic acids is 1. The number of nitrogens with one attached hydrogen (secondary N) is 1. The lowest BCUT2D eigenvalue weighted by atomic mass is 10.0. The summed E-state index contributed by atoms with van der Waals surface area (Å²) in [5, 5.41) is 21.8. The number of benzene rings is 1. The maximum atomic E-state index is 12.1. The summed E-state index contributed by atoms with van der Waals surface area (Å²) in [6.07, 6.45) is 0. The van der Waals surface area contributed by atoms with Gasteiger partial charge in [0.2, 0.25) is 0 Å². The highest BCUT2D eigenvalue weighted by Gasteiger charge is 2.20. The summed E-state index contributed by atoms with van der Waals surface area (Å²) >= 11 is 4.07. The standard InChI is InChI=1S/C12H15I2NO3/c1-6(2)10(5-16)15-12(18)8-3-7(13)4-9(14)11(8)17/h3-4,6,10,16-17H,5H2,1-2H3,(H,15,18). The molecule has 1 atom stereocenters. The molecule has 0 radical (unpaired) electrons. The summed E-state index contributed by atoms with van der Waals surface area (Å²) in [5.74, 6) is -0.256. The molecule has 3 N–H and O–H groups in total. The van der Waals surface area contributed by atoms with E-state index < -0.39 is 0 Å². The molecule has 0 heterocycles. The molecule has 0 aliphatic rings. The molecule has 100 valence electrons. The minimum absolute atomic E-state index is 0.0195. The predicted molar refractivity (Wildman–Crippen MR) is 86.7 cm³/mol. The number of aliphatic hydroxyl groups excluding tert-OH is 1. The quantitative estimate of drug-likeness (QED) is 0.587. The third-order valence-electron chi connectivity index (χ3n) is 2.59. The van der Waals surface area contributed by atoms with Gasteiger partial charge in [0.1, 0.15) is 5.75 Å². The van der Waals surface area contributed by atoms with Crippen LogP contribution >= 0.6 is 45.2 Å². The molecule has 0 saturated carbocycles. The van der Waals surface area contributed by atoms with E-state index in [0.29, 0.717) is 3.57 Å². The number of hydrogen-bond acceptors (Lipinski definition) is 3. The first kappa shape index (κ1) is 16.0. The van der Waals surface area contributed by atoms with Gasteiger partial charge in [0.05, 0.1) is 21.8 Å². The Morgan fingerprint density at radius 2 is 2.00 bits per heavy atom. The fraction of sp³-hybridized carbons (Fsp3) is 0.417. The fourth-order valence-corrected chi connectivity index (χ4v) is 3.25. The minimum Gasteiger partial charge on any atom is -0.506 e. The number of aromatic hydroxyl groups is 1. The molecule has 0 aliphatic carbocycles. The Labute approximate surface area is 133 Å². The molecular formula is C12H15I2NO3. The van der Waals surface area contributed by atoms with Crippen molar-refractivity contribution in [1.82, 2.24) is 5.32 Å². The molecule has 0 saturated heterocycles. The lowest BCUT2D eigenvalue weighted by Gasteiger charge is -2.20. The first-order valence-electron chi connectivity index (χ1n) is 5.46. The summed E-state index contributed by atoms with van der Waals surface area (Å²) in [6.45, 7) is 3.71. The Bertz CT molecular complexity index is 449. The van der Waals surface area contributed by atoms with Gasteiger partial charge < -0.3 is 15.5 Å². The molecule has 1 unspecified atom stereocenters. The van der Waals surface area contributed by atoms with Crippen LogP contribution in [0.1, 0.15) is 24.2 Å². The maximum Gasteiger partial charge on any atom is 0.255 e. The molecule has 1 aromatic carbocycles. The van der Waals surface area contributed by atoms with Gasteiger partial charge >= 0.3 is 0 Å². The van der Waals surface area contributed by atoms with Crippen LogP contribution in [0.4, 0.5) is 0 Å². The van der Waals surface area contributed by atoms with Gasteiger partial charge in [-0.15, -0.1) is 0 Å². The van der Waals surface area contributed by atoms with Crippen LogP contribution in [0.2, 0.25) is 0 Å². The molecule has 1 aromatic rings. The fourth-order valence-electron chi connectivity index (χ4n) is 1.41. The van der Waals surface area contributed by atoms with Gasteiger partial charge in [-0.05, 0) is 63.2 Å². The van der Waals surface area contributed by atoms with Gasteiger partial charge in [-0.2, -0.15) is 0 Å². The Kier molecular flexibility index (Phi) is 6.12. The number of halogens is 2. The second-order valence-electron chi connectivity index (χ2n) is 4.29. The van der Waals surface area contributed by atoms with Crippen molar-refractivity contribution in [1.29, 1.82) is 0 Å². The number of hydrogen-bond donors (Lipinski definition) is 3. The molecule has 0 fully saturated rings. The van der Waals surface area contributed by atoms with Gasteiger partial charge in [-0.3, -0.25) is 4.79 Å². The van der Waals surface area contributed by atoms with E-state index in [1.165, 1.54) is 0 Å². The van der Waals surface area contributed by atoms with Crippen molar-refractivity contribution in [3.63, 3.8) is 0 Å². The van der Waals surface area contributed by atoms with Crippen LogP contribution in [-0.4, -0.2) is 28.8 Å². The molecule has 1 amide bonds. The van der Waals surface area contributed by atoms with E-state index in [1.54, 1.807) is 12.1 Å². The molecule has 1 rings (SSSR count). The van der Waals surface area contributed by atoms with Gasteiger partial charge in [0.15, 0.2) is 0 Å². The molecule has 0 aromatic heterocycles. The van der Waals surface area contributed by atoms with Crippen molar-refractivity contribution < 1.29 is 15.0 Å². The Morgan fingerprint density at radius 1 is 1.39 bits per heavy atom. The zero-order valence-corrected chi connectivity index (χ0v) is 14.4. The van der Waals surface area contributed by atoms with Crippen LogP contribution in [0.3, 0.4) is 0 Å². The van der Waals surface area contributed by atoms with E-state index in [4.69, 9.17) is 0 Å². The number of aliphatic hydroxyl groups is 1. The van der Waals surface area contributed by atoms with E-state index >= 15 is 0 Å². The van der Waals surface area contributed by atoms with Crippen molar-refractivity contribution in [3.05, 3.63) is 24.8 Å². The number of phenols is 1. The summed E-state index contributed by atoms with van der Waals surface area (Å²) in [4.78, 5) is 12.1. The van der Waals surface area contributed by atoms with E-state index in [2.05, 4.69) is 27.9 Å². The van der Waals surface area contributed by atoms with Crippen molar-refractivity contribution in [2.45, 2.75) is 19.9 Å². The normalized spacial score (nSPS) is 12.6. The summed E-state index contributed by atoms with van der Waals surface area (Å²) in [6, 6.07) is 3.11. The van der Waals surface area contributed by atoms with Crippen LogP contribution < -0.4 is 5.32 Å². The average Bonchev–Trinajstić information content (AvgIpc) is 2.29. The SMILES string of the molecule is CC(C)C(CO)NC(=O)c1cc(I)cc(I)c1O. The monoisotopic (exact) mass is 475 g/mol. The molecule has 0 spiro atoms. The highest BCUT2D eigenvalue weighted by atomic mass is 127. The Balaban J connectivity index is 2.97. The first-order chi connectivity index (χ1) is 8.36. The summed E-state index contributed by atoms with van der Waals surface area (Å²) in [5.41, 5.74) is 0.241. The number of phenolic OH excluding ortho intramolecular Hbond substituents is 1. The molecule has 0 bridgehead atoms. The highest BCUT2D eigenvalue weighted by molar-refractivity contribution is 14.1. The van der Waals surface area contributed by atoms with Crippen molar-refractivity contribution in [3.8, 4) is 5.75 Å². The van der Waals surface area contributed by atoms with Crippen molar-refractivity contribution >= 4 is 51.1 Å². The van der Waals surface area contributed by atoms with E-state index in [1.807, 2.05) is 36.4 Å². The topological polar surface area (TPSA) is 69.6 Å². The third kappa shape index (κ3) is 3.95. The zero-order chi connectivity index (χ0) is 13.9. The van der Waals surface area contributed by atoms with Crippen molar-refractivity contribution in [2.24, 2.45) is 5.92 Å². The van der Waals surface area contributed by atoms with Crippen LogP contribution in [-0.2, 0) is 0 Å². The van der Waals surface area contributed by atoms with Crippen LogP contribution in [0, 0.1) is 13.1 Å². The smallest absolute Gasteiger partial charge is 0.255 e. The van der Waals surface area contributed by atoms with Crippen molar-refractivity contribution in [2.75, 3.05) is 6.61 Å². The summed E-state index contributed by atoms with van der Waals surface area (Å²) < 4.78 is 1.51. The Hall–Kier alpha value is -0.0900. The minimum atomic E-state index is -0.364. The lowest BCUT2D eigenvalue weighted by molar-refractivity contribution is 0.0894. The van der Waals surface area contributed by atoms with Crippen LogP contribution in [0.5, 0.6) is 5.75 Å². The second-order valence-corrected chi connectivity index (χ2v) is 6.70. The molecule has 6 heteroatoms.